The molecule has 1 heterocycles. The molecule has 120 valence electrons. The molecule has 1 unspecified atom stereocenters. The smallest absolute Gasteiger partial charge is 0.203 e. The number of benzene rings is 2. The molecule has 0 aliphatic rings. The number of nitrogens with zero attached hydrogens (tertiary/aromatic N) is 1. The molecule has 3 aromatic rings. The Morgan fingerprint density at radius 3 is 2.48 bits per heavy atom. The molecular weight excluding hydrogens is 290 g/mol. The first-order valence-electron chi connectivity index (χ1n) is 7.61. The SMILES string of the molecule is COCC(C)c1ccc(-n2cc3ccc(OC)cc3c2O)cc1. The van der Waals surface area contributed by atoms with Crippen LogP contribution in [-0.2, 0) is 4.74 Å². The number of hydrogen-bond acceptors (Lipinski definition) is 3. The monoisotopic (exact) mass is 311 g/mol. The van der Waals surface area contributed by atoms with E-state index in [4.69, 9.17) is 9.47 Å². The van der Waals surface area contributed by atoms with Gasteiger partial charge in [0.15, 0.2) is 0 Å². The lowest BCUT2D eigenvalue weighted by atomic mass is 10.0. The number of rotatable bonds is 5. The summed E-state index contributed by atoms with van der Waals surface area (Å²) in [6.07, 6.45) is 1.93. The van der Waals surface area contributed by atoms with E-state index in [9.17, 15) is 5.11 Å². The van der Waals surface area contributed by atoms with Crippen molar-refractivity contribution in [2.75, 3.05) is 20.8 Å². The summed E-state index contributed by atoms with van der Waals surface area (Å²) in [5, 5.41) is 12.3. The first-order valence-corrected chi connectivity index (χ1v) is 7.61. The van der Waals surface area contributed by atoms with Crippen molar-refractivity contribution >= 4 is 10.8 Å². The van der Waals surface area contributed by atoms with Gasteiger partial charge in [0.1, 0.15) is 5.75 Å². The summed E-state index contributed by atoms with van der Waals surface area (Å²) in [5.74, 6) is 1.29. The van der Waals surface area contributed by atoms with E-state index in [0.717, 1.165) is 22.2 Å². The van der Waals surface area contributed by atoms with Crippen LogP contribution in [0.5, 0.6) is 11.6 Å². The molecule has 0 fully saturated rings. The first-order chi connectivity index (χ1) is 11.1. The van der Waals surface area contributed by atoms with Gasteiger partial charge in [-0.3, -0.25) is 4.57 Å². The lowest BCUT2D eigenvalue weighted by Crippen LogP contribution is -2.02. The molecule has 1 aromatic heterocycles. The summed E-state index contributed by atoms with van der Waals surface area (Å²) < 4.78 is 12.2. The van der Waals surface area contributed by atoms with Gasteiger partial charge in [-0.05, 0) is 35.9 Å². The topological polar surface area (TPSA) is 43.6 Å². The third kappa shape index (κ3) is 2.90. The molecular formula is C19H21NO3. The summed E-state index contributed by atoms with van der Waals surface area (Å²) in [4.78, 5) is 0. The highest BCUT2D eigenvalue weighted by Crippen LogP contribution is 2.33. The minimum atomic E-state index is 0.219. The molecule has 1 atom stereocenters. The van der Waals surface area contributed by atoms with E-state index < -0.39 is 0 Å². The molecule has 23 heavy (non-hydrogen) atoms. The summed E-state index contributed by atoms with van der Waals surface area (Å²) in [5.41, 5.74) is 2.14. The fourth-order valence-electron chi connectivity index (χ4n) is 2.81. The van der Waals surface area contributed by atoms with E-state index in [0.29, 0.717) is 12.5 Å². The minimum Gasteiger partial charge on any atom is -0.497 e. The average molecular weight is 311 g/mol. The zero-order valence-corrected chi connectivity index (χ0v) is 13.6. The van der Waals surface area contributed by atoms with Crippen molar-refractivity contribution in [1.82, 2.24) is 4.57 Å². The molecule has 0 bridgehead atoms. The van der Waals surface area contributed by atoms with Crippen LogP contribution in [0.3, 0.4) is 0 Å². The van der Waals surface area contributed by atoms with Crippen LogP contribution < -0.4 is 4.74 Å². The highest BCUT2D eigenvalue weighted by molar-refractivity contribution is 5.90. The van der Waals surface area contributed by atoms with Crippen LogP contribution in [0.15, 0.2) is 48.7 Å². The lowest BCUT2D eigenvalue weighted by molar-refractivity contribution is 0.184. The van der Waals surface area contributed by atoms with E-state index in [1.165, 1.54) is 5.56 Å². The lowest BCUT2D eigenvalue weighted by Gasteiger charge is -2.12. The van der Waals surface area contributed by atoms with Crippen molar-refractivity contribution in [3.63, 3.8) is 0 Å². The summed E-state index contributed by atoms with van der Waals surface area (Å²) in [7, 11) is 3.33. The highest BCUT2D eigenvalue weighted by atomic mass is 16.5. The van der Waals surface area contributed by atoms with Crippen molar-refractivity contribution in [3.05, 3.63) is 54.2 Å². The summed E-state index contributed by atoms with van der Waals surface area (Å²) >= 11 is 0. The largest absolute Gasteiger partial charge is 0.497 e. The second-order valence-corrected chi connectivity index (χ2v) is 5.72. The van der Waals surface area contributed by atoms with E-state index >= 15 is 0 Å². The van der Waals surface area contributed by atoms with Gasteiger partial charge in [0, 0.05) is 35.7 Å². The maximum absolute atomic E-state index is 10.5. The highest BCUT2D eigenvalue weighted by Gasteiger charge is 2.11. The van der Waals surface area contributed by atoms with Gasteiger partial charge in [0.2, 0.25) is 5.88 Å². The molecule has 0 amide bonds. The van der Waals surface area contributed by atoms with Gasteiger partial charge in [-0.15, -0.1) is 0 Å². The predicted molar refractivity (Wildman–Crippen MR) is 91.8 cm³/mol. The number of aromatic nitrogens is 1. The second-order valence-electron chi connectivity index (χ2n) is 5.72. The summed E-state index contributed by atoms with van der Waals surface area (Å²) in [6, 6.07) is 13.8. The number of ether oxygens (including phenoxy) is 2. The van der Waals surface area contributed by atoms with Crippen molar-refractivity contribution in [2.24, 2.45) is 0 Å². The van der Waals surface area contributed by atoms with Gasteiger partial charge in [-0.1, -0.05) is 19.1 Å². The quantitative estimate of drug-likeness (QED) is 0.771. The number of methoxy groups -OCH3 is 2. The number of hydrogen-bond donors (Lipinski definition) is 1. The van der Waals surface area contributed by atoms with Gasteiger partial charge in [0.05, 0.1) is 13.7 Å². The molecule has 2 aromatic carbocycles. The zero-order chi connectivity index (χ0) is 16.4. The Morgan fingerprint density at radius 1 is 1.09 bits per heavy atom. The maximum Gasteiger partial charge on any atom is 0.203 e. The zero-order valence-electron chi connectivity index (χ0n) is 13.6. The Hall–Kier alpha value is -2.46. The van der Waals surface area contributed by atoms with Gasteiger partial charge >= 0.3 is 0 Å². The molecule has 4 heteroatoms. The van der Waals surface area contributed by atoms with Gasteiger partial charge in [-0.25, -0.2) is 0 Å². The third-order valence-corrected chi connectivity index (χ3v) is 4.15. The molecule has 0 saturated carbocycles. The molecule has 0 aliphatic carbocycles. The fraction of sp³-hybridized carbons (Fsp3) is 0.263. The van der Waals surface area contributed by atoms with Crippen molar-refractivity contribution in [2.45, 2.75) is 12.8 Å². The molecule has 0 radical (unpaired) electrons. The van der Waals surface area contributed by atoms with Crippen LogP contribution in [0, 0.1) is 0 Å². The van der Waals surface area contributed by atoms with Crippen LogP contribution in [0.4, 0.5) is 0 Å². The van der Waals surface area contributed by atoms with E-state index in [1.54, 1.807) is 18.8 Å². The first kappa shape index (κ1) is 15.4. The van der Waals surface area contributed by atoms with Crippen LogP contribution >= 0.6 is 0 Å². The van der Waals surface area contributed by atoms with E-state index in [-0.39, 0.29) is 5.88 Å². The van der Waals surface area contributed by atoms with Gasteiger partial charge < -0.3 is 14.6 Å². The van der Waals surface area contributed by atoms with Crippen molar-refractivity contribution in [3.8, 4) is 17.3 Å². The van der Waals surface area contributed by atoms with Crippen molar-refractivity contribution < 1.29 is 14.6 Å². The van der Waals surface area contributed by atoms with E-state index in [2.05, 4.69) is 19.1 Å². The van der Waals surface area contributed by atoms with Crippen LogP contribution in [0.2, 0.25) is 0 Å². The number of fused-ring (bicyclic) bond motifs is 1. The van der Waals surface area contributed by atoms with Crippen LogP contribution in [-0.4, -0.2) is 30.5 Å². The molecule has 4 nitrogen and oxygen atoms in total. The Labute approximate surface area is 135 Å². The second kappa shape index (κ2) is 6.34. The molecule has 0 saturated heterocycles. The number of aromatic hydroxyl groups is 1. The van der Waals surface area contributed by atoms with Crippen LogP contribution in [0.25, 0.3) is 16.5 Å². The molecule has 1 N–H and O–H groups in total. The van der Waals surface area contributed by atoms with Gasteiger partial charge in [-0.2, -0.15) is 0 Å². The normalized spacial score (nSPS) is 12.5. The fourth-order valence-corrected chi connectivity index (χ4v) is 2.81. The Morgan fingerprint density at radius 2 is 1.83 bits per heavy atom. The Bertz CT molecular complexity index is 805. The van der Waals surface area contributed by atoms with Crippen molar-refractivity contribution in [1.29, 1.82) is 0 Å². The predicted octanol–water partition coefficient (Wildman–Crippen LogP) is 4.09. The molecule has 0 spiro atoms. The minimum absolute atomic E-state index is 0.219. The third-order valence-electron chi connectivity index (χ3n) is 4.15. The maximum atomic E-state index is 10.5. The Balaban J connectivity index is 1.98. The summed E-state index contributed by atoms with van der Waals surface area (Å²) in [6.45, 7) is 2.82. The average Bonchev–Trinajstić information content (AvgIpc) is 2.91. The van der Waals surface area contributed by atoms with Crippen LogP contribution in [0.1, 0.15) is 18.4 Å². The Kier molecular flexibility index (Phi) is 4.26. The molecule has 0 aliphatic heterocycles. The standard InChI is InChI=1S/C19H21NO3/c1-13(12-22-2)14-4-7-16(8-5-14)20-11-15-6-9-17(23-3)10-18(15)19(20)21/h4-11,13,21H,12H2,1-3H3. The molecule has 3 rings (SSSR count). The van der Waals surface area contributed by atoms with E-state index in [1.807, 2.05) is 36.5 Å². The van der Waals surface area contributed by atoms with Gasteiger partial charge in [0.25, 0.3) is 0 Å².